The first-order valence-electron chi connectivity index (χ1n) is 19.8. The van der Waals surface area contributed by atoms with Crippen LogP contribution in [0.3, 0.4) is 0 Å². The highest BCUT2D eigenvalue weighted by Gasteiger charge is 2.64. The molecule has 4 aliphatic rings. The number of esters is 1. The van der Waals surface area contributed by atoms with Gasteiger partial charge in [-0.2, -0.15) is 0 Å². The van der Waals surface area contributed by atoms with Gasteiger partial charge in [0.05, 0.1) is 54.2 Å². The second-order valence-corrected chi connectivity index (χ2v) is 18.5. The number of nitrogens with one attached hydrogen (secondary N) is 2. The number of quaternary nitrogens is 2. The highest BCUT2D eigenvalue weighted by Crippen LogP contribution is 2.72. The second kappa shape index (κ2) is 16.1. The van der Waals surface area contributed by atoms with Crippen molar-refractivity contribution in [2.24, 2.45) is 45.8 Å². The maximum Gasteiger partial charge on any atom is 0.306 e. The number of hydrogen-bond donors (Lipinski definition) is 2. The van der Waals surface area contributed by atoms with Crippen molar-refractivity contribution in [2.75, 3.05) is 54.4 Å². The van der Waals surface area contributed by atoms with Crippen molar-refractivity contribution in [3.8, 4) is 0 Å². The lowest BCUT2D eigenvalue weighted by Gasteiger charge is -2.63. The van der Waals surface area contributed by atoms with Crippen LogP contribution in [-0.4, -0.2) is 77.3 Å². The summed E-state index contributed by atoms with van der Waals surface area (Å²) in [5.41, 5.74) is 2.62. The molecule has 8 atom stereocenters. The zero-order chi connectivity index (χ0) is 34.6. The van der Waals surface area contributed by atoms with Gasteiger partial charge < -0.3 is 19.4 Å². The molecule has 6 heteroatoms. The fourth-order valence-corrected chi connectivity index (χ4v) is 11.4. The molecule has 3 saturated carbocycles. The summed E-state index contributed by atoms with van der Waals surface area (Å²) in [6, 6.07) is 0. The molecular weight excluding hydrogens is 582 g/mol. The van der Waals surface area contributed by atoms with Crippen molar-refractivity contribution < 1.29 is 24.1 Å². The second-order valence-electron chi connectivity index (χ2n) is 18.5. The predicted molar refractivity (Wildman–Crippen MR) is 193 cm³/mol. The third-order valence-corrected chi connectivity index (χ3v) is 14.0. The first-order chi connectivity index (χ1) is 22.1. The number of allylic oxidation sites excluding steroid dienone is 1. The maximum atomic E-state index is 13.1. The number of hydrogen-bond acceptors (Lipinski definition) is 3. The lowest BCUT2D eigenvalue weighted by atomic mass is 9.41. The number of ether oxygens (including phenoxy) is 1. The third-order valence-electron chi connectivity index (χ3n) is 14.0. The normalized spacial score (nSPS) is 34.1. The average Bonchev–Trinajstić information content (AvgIpc) is 3.35. The van der Waals surface area contributed by atoms with E-state index in [1.165, 1.54) is 61.2 Å². The summed E-state index contributed by atoms with van der Waals surface area (Å²) in [6.07, 6.45) is 17.8. The molecule has 3 fully saturated rings. The molecule has 4 rings (SSSR count). The molecule has 6 nitrogen and oxygen atoms in total. The Morgan fingerprint density at radius 2 is 1.57 bits per heavy atom. The van der Waals surface area contributed by atoms with Crippen molar-refractivity contribution in [1.82, 2.24) is 4.90 Å². The van der Waals surface area contributed by atoms with Gasteiger partial charge in [-0.15, -0.1) is 0 Å². The molecule has 2 N–H and O–H groups in total. The van der Waals surface area contributed by atoms with E-state index in [9.17, 15) is 9.59 Å². The first-order valence-corrected chi connectivity index (χ1v) is 19.8. The SMILES string of the molecule is CC(C)CCCC(C)C1CCC2C1(C)CCC1C3(C)CCC(OC(=O)CCC(=O)N(CCC[NH+](C)C)CC[NH+](C)C)CC3=CCC12C. The van der Waals surface area contributed by atoms with Gasteiger partial charge in [0.25, 0.3) is 0 Å². The molecule has 4 aliphatic carbocycles. The number of fused-ring (bicyclic) bond motifs is 5. The molecule has 0 radical (unpaired) electrons. The van der Waals surface area contributed by atoms with Crippen LogP contribution < -0.4 is 9.80 Å². The van der Waals surface area contributed by atoms with Crippen LogP contribution in [0, 0.1) is 45.8 Å². The van der Waals surface area contributed by atoms with E-state index in [-0.39, 0.29) is 36.2 Å². The highest BCUT2D eigenvalue weighted by molar-refractivity contribution is 5.81. The summed E-state index contributed by atoms with van der Waals surface area (Å²) < 4.78 is 6.10. The van der Waals surface area contributed by atoms with Gasteiger partial charge in [-0.25, -0.2) is 0 Å². The van der Waals surface area contributed by atoms with Crippen molar-refractivity contribution >= 4 is 11.9 Å². The zero-order valence-corrected chi connectivity index (χ0v) is 32.4. The van der Waals surface area contributed by atoms with Crippen LogP contribution in [0.2, 0.25) is 0 Å². The molecule has 1 amide bonds. The number of carbonyl (C=O) groups excluding carboxylic acids is 2. The number of carbonyl (C=O) groups is 2. The van der Waals surface area contributed by atoms with Crippen LogP contribution >= 0.6 is 0 Å². The Hall–Kier alpha value is -1.40. The first kappa shape index (κ1) is 38.4. The molecule has 47 heavy (non-hydrogen) atoms. The van der Waals surface area contributed by atoms with E-state index in [4.69, 9.17) is 4.74 Å². The topological polar surface area (TPSA) is 55.5 Å². The molecule has 0 heterocycles. The van der Waals surface area contributed by atoms with Gasteiger partial charge in [0.2, 0.25) is 5.91 Å². The Balaban J connectivity index is 1.33. The van der Waals surface area contributed by atoms with E-state index in [1.807, 2.05) is 4.90 Å². The minimum atomic E-state index is -0.197. The summed E-state index contributed by atoms with van der Waals surface area (Å²) in [6.45, 7) is 18.7. The summed E-state index contributed by atoms with van der Waals surface area (Å²) in [5.74, 6) is 3.95. The number of likely N-dealkylation sites (N-methyl/N-ethyl adjacent to an activating group) is 1. The Morgan fingerprint density at radius 3 is 2.26 bits per heavy atom. The molecule has 0 aliphatic heterocycles. The van der Waals surface area contributed by atoms with Crippen molar-refractivity contribution in [2.45, 2.75) is 138 Å². The third kappa shape index (κ3) is 8.86. The number of nitrogens with zero attached hydrogens (tertiary/aromatic N) is 1. The average molecular weight is 658 g/mol. The van der Waals surface area contributed by atoms with E-state index in [0.29, 0.717) is 10.8 Å². The number of amides is 1. The predicted octanol–water partition coefficient (Wildman–Crippen LogP) is 5.62. The van der Waals surface area contributed by atoms with Crippen LogP contribution in [0.15, 0.2) is 11.6 Å². The fourth-order valence-electron chi connectivity index (χ4n) is 11.4. The summed E-state index contributed by atoms with van der Waals surface area (Å²) >= 11 is 0. The van der Waals surface area contributed by atoms with Crippen molar-refractivity contribution in [3.63, 3.8) is 0 Å². The standard InChI is InChI=1S/C41H73N3O3/c1-30(2)13-11-14-31(3)34-15-16-35-40(34,5)24-21-36-39(4)23-20-33(29-32(39)19-22-41(35,36)6)47-38(46)18-17-37(45)44(28-27-43(9)10)26-12-25-42(7)8/h19,30-31,33-36H,11-18,20-29H2,1-10H3/p+2. The van der Waals surface area contributed by atoms with E-state index in [0.717, 1.165) is 81.5 Å². The molecule has 0 saturated heterocycles. The van der Waals surface area contributed by atoms with Crippen LogP contribution in [0.4, 0.5) is 0 Å². The van der Waals surface area contributed by atoms with Crippen molar-refractivity contribution in [1.29, 1.82) is 0 Å². The minimum Gasteiger partial charge on any atom is -0.462 e. The molecule has 8 unspecified atom stereocenters. The Kier molecular flexibility index (Phi) is 13.1. The largest absolute Gasteiger partial charge is 0.462 e. The lowest BCUT2D eigenvalue weighted by molar-refractivity contribution is -0.859. The van der Waals surface area contributed by atoms with Gasteiger partial charge in [-0.1, -0.05) is 72.5 Å². The summed E-state index contributed by atoms with van der Waals surface area (Å²) in [4.78, 5) is 30.9. The molecule has 0 aromatic carbocycles. The fraction of sp³-hybridized carbons (Fsp3) is 0.902. The Bertz CT molecular complexity index is 1090. The molecule has 0 aromatic heterocycles. The van der Waals surface area contributed by atoms with Gasteiger partial charge in [0.1, 0.15) is 6.10 Å². The van der Waals surface area contributed by atoms with Gasteiger partial charge in [0, 0.05) is 25.8 Å². The van der Waals surface area contributed by atoms with Crippen LogP contribution in [-0.2, 0) is 14.3 Å². The van der Waals surface area contributed by atoms with Gasteiger partial charge >= 0.3 is 5.97 Å². The molecule has 0 aromatic rings. The zero-order valence-electron chi connectivity index (χ0n) is 32.4. The van der Waals surface area contributed by atoms with E-state index >= 15 is 0 Å². The lowest BCUT2D eigenvalue weighted by Crippen LogP contribution is -3.06. The monoisotopic (exact) mass is 658 g/mol. The van der Waals surface area contributed by atoms with E-state index in [1.54, 1.807) is 5.57 Å². The van der Waals surface area contributed by atoms with Crippen LogP contribution in [0.5, 0.6) is 0 Å². The highest BCUT2D eigenvalue weighted by atomic mass is 16.5. The van der Waals surface area contributed by atoms with Crippen LogP contribution in [0.1, 0.15) is 131 Å². The van der Waals surface area contributed by atoms with E-state index in [2.05, 4.69) is 75.8 Å². The molecule has 270 valence electrons. The quantitative estimate of drug-likeness (QED) is 0.168. The molecule has 0 spiro atoms. The van der Waals surface area contributed by atoms with Gasteiger partial charge in [0.15, 0.2) is 0 Å². The summed E-state index contributed by atoms with van der Waals surface area (Å²) in [7, 11) is 8.53. The molecular formula is C41H75N3O3+2. The Morgan fingerprint density at radius 1 is 0.851 bits per heavy atom. The van der Waals surface area contributed by atoms with E-state index < -0.39 is 0 Å². The van der Waals surface area contributed by atoms with Gasteiger partial charge in [-0.3, -0.25) is 9.59 Å². The maximum absolute atomic E-state index is 13.1. The number of rotatable bonds is 16. The Labute approximate surface area is 289 Å². The van der Waals surface area contributed by atoms with Crippen molar-refractivity contribution in [3.05, 3.63) is 11.6 Å². The van der Waals surface area contributed by atoms with Gasteiger partial charge in [-0.05, 0) is 90.8 Å². The smallest absolute Gasteiger partial charge is 0.306 e. The summed E-state index contributed by atoms with van der Waals surface area (Å²) in [5, 5.41) is 0. The van der Waals surface area contributed by atoms with Crippen LogP contribution in [0.25, 0.3) is 0 Å². The molecule has 0 bridgehead atoms. The minimum absolute atomic E-state index is 0.0470.